The lowest BCUT2D eigenvalue weighted by molar-refractivity contribution is -0.114. The van der Waals surface area contributed by atoms with E-state index in [0.717, 1.165) is 17.7 Å². The van der Waals surface area contributed by atoms with Crippen LogP contribution in [0.2, 0.25) is 0 Å². The zero-order chi connectivity index (χ0) is 23.3. The van der Waals surface area contributed by atoms with Crippen molar-refractivity contribution in [2.24, 2.45) is 5.10 Å². The van der Waals surface area contributed by atoms with E-state index in [2.05, 4.69) is 53.0 Å². The summed E-state index contributed by atoms with van der Waals surface area (Å²) in [5, 5.41) is 8.42. The van der Waals surface area contributed by atoms with Crippen LogP contribution in [0, 0.1) is 0 Å². The van der Waals surface area contributed by atoms with Crippen LogP contribution in [0.5, 0.6) is 0 Å². The second-order valence-electron chi connectivity index (χ2n) is 8.01. The highest BCUT2D eigenvalue weighted by Gasteiger charge is 2.12. The quantitative estimate of drug-likeness (QED) is 0.160. The zero-order valence-electron chi connectivity index (χ0n) is 19.0. The largest absolute Gasteiger partial charge is 0.341 e. The minimum atomic E-state index is -0.213. The predicted molar refractivity (Wildman–Crippen MR) is 142 cm³/mol. The Bertz CT molecular complexity index is 1500. The Morgan fingerprint density at radius 2 is 1.47 bits per heavy atom. The summed E-state index contributed by atoms with van der Waals surface area (Å²) in [5.41, 5.74) is 5.03. The monoisotopic (exact) mass is 443 g/mol. The molecule has 0 aliphatic rings. The lowest BCUT2D eigenvalue weighted by Gasteiger charge is -2.15. The van der Waals surface area contributed by atoms with Crippen molar-refractivity contribution in [2.75, 3.05) is 5.01 Å². The number of carbonyl (C=O) groups excluding carboxylic acids is 1. The van der Waals surface area contributed by atoms with Gasteiger partial charge in [0.05, 0.1) is 11.9 Å². The average molecular weight is 444 g/mol. The van der Waals surface area contributed by atoms with E-state index in [1.807, 2.05) is 66.7 Å². The van der Waals surface area contributed by atoms with Gasteiger partial charge in [-0.15, -0.1) is 0 Å². The molecule has 34 heavy (non-hydrogen) atoms. The highest BCUT2D eigenvalue weighted by molar-refractivity contribution is 6.10. The summed E-state index contributed by atoms with van der Waals surface area (Å²) in [6.45, 7) is 3.06. The smallest absolute Gasteiger partial charge is 0.271 e. The van der Waals surface area contributed by atoms with E-state index in [9.17, 15) is 4.79 Å². The minimum absolute atomic E-state index is 0.213. The van der Waals surface area contributed by atoms with Gasteiger partial charge < -0.3 is 4.57 Å². The number of aryl methyl sites for hydroxylation is 1. The van der Waals surface area contributed by atoms with Crippen LogP contribution in [0.3, 0.4) is 0 Å². The van der Waals surface area contributed by atoms with Crippen LogP contribution in [-0.2, 0) is 11.3 Å². The van der Waals surface area contributed by atoms with E-state index in [1.54, 1.807) is 18.4 Å². The average Bonchev–Trinajstić information content (AvgIpc) is 3.22. The van der Waals surface area contributed by atoms with Gasteiger partial charge in [0.2, 0.25) is 0 Å². The highest BCUT2D eigenvalue weighted by Crippen LogP contribution is 2.29. The van der Waals surface area contributed by atoms with Crippen LogP contribution in [0.25, 0.3) is 27.9 Å². The fourth-order valence-corrected chi connectivity index (χ4v) is 4.24. The number of carbonyl (C=O) groups is 1. The fourth-order valence-electron chi connectivity index (χ4n) is 4.24. The standard InChI is InChI=1S/C30H25N3O/c1-2-32-28-16-10-9-15-26(28)27-21-24(17-19-29(27)32)22-31-33(25-13-7-4-8-14-25)30(34)20-18-23-11-5-3-6-12-23/h3-22H,2H2,1H3/b20-18+,31-22+. The van der Waals surface area contributed by atoms with E-state index in [4.69, 9.17) is 0 Å². The molecule has 0 saturated carbocycles. The van der Waals surface area contributed by atoms with Crippen molar-refractivity contribution in [2.45, 2.75) is 13.5 Å². The number of aromatic nitrogens is 1. The SMILES string of the molecule is CCn1c2ccccc2c2cc(/C=N/N(C(=O)/C=C/c3ccccc3)c3ccccc3)ccc21. The molecule has 0 atom stereocenters. The lowest BCUT2D eigenvalue weighted by atomic mass is 10.1. The molecule has 0 aliphatic carbocycles. The molecule has 0 N–H and O–H groups in total. The van der Waals surface area contributed by atoms with Crippen LogP contribution in [0.4, 0.5) is 5.69 Å². The number of para-hydroxylation sites is 2. The molecular weight excluding hydrogens is 418 g/mol. The Labute approximate surface area is 199 Å². The second-order valence-corrected chi connectivity index (χ2v) is 8.01. The molecule has 1 amide bonds. The normalized spacial score (nSPS) is 11.7. The van der Waals surface area contributed by atoms with E-state index in [1.165, 1.54) is 26.8 Å². The molecule has 5 rings (SSSR count). The summed E-state index contributed by atoms with van der Waals surface area (Å²) in [6, 6.07) is 34.0. The van der Waals surface area contributed by atoms with Gasteiger partial charge in [-0.1, -0.05) is 72.8 Å². The van der Waals surface area contributed by atoms with Gasteiger partial charge in [-0.05, 0) is 54.5 Å². The third-order valence-corrected chi connectivity index (χ3v) is 5.86. The molecule has 0 unspecified atom stereocenters. The number of fused-ring (bicyclic) bond motifs is 3. The summed E-state index contributed by atoms with van der Waals surface area (Å²) in [4.78, 5) is 13.1. The molecule has 1 heterocycles. The molecule has 0 fully saturated rings. The Morgan fingerprint density at radius 1 is 0.794 bits per heavy atom. The summed E-state index contributed by atoms with van der Waals surface area (Å²) in [6.07, 6.45) is 5.11. The summed E-state index contributed by atoms with van der Waals surface area (Å²) in [5.74, 6) is -0.213. The van der Waals surface area contributed by atoms with Gasteiger partial charge in [-0.25, -0.2) is 0 Å². The van der Waals surface area contributed by atoms with Crippen molar-refractivity contribution in [1.29, 1.82) is 0 Å². The first-order chi connectivity index (χ1) is 16.7. The third-order valence-electron chi connectivity index (χ3n) is 5.86. The molecule has 0 aliphatic heterocycles. The molecular formula is C30H25N3O. The molecule has 4 aromatic carbocycles. The first-order valence-electron chi connectivity index (χ1n) is 11.4. The van der Waals surface area contributed by atoms with Crippen LogP contribution < -0.4 is 5.01 Å². The molecule has 0 spiro atoms. The Hall–Kier alpha value is -4.44. The molecule has 166 valence electrons. The lowest BCUT2D eigenvalue weighted by Crippen LogP contribution is -2.23. The van der Waals surface area contributed by atoms with Crippen LogP contribution in [0.15, 0.2) is 114 Å². The molecule has 0 saturated heterocycles. The minimum Gasteiger partial charge on any atom is -0.341 e. The van der Waals surface area contributed by atoms with Gasteiger partial charge in [0.25, 0.3) is 5.91 Å². The topological polar surface area (TPSA) is 37.6 Å². The number of hydrogen-bond donors (Lipinski definition) is 0. The van der Waals surface area contributed by atoms with Crippen molar-refractivity contribution in [1.82, 2.24) is 4.57 Å². The number of anilines is 1. The molecule has 4 nitrogen and oxygen atoms in total. The number of rotatable bonds is 6. The van der Waals surface area contributed by atoms with Gasteiger partial charge in [0, 0.05) is 34.4 Å². The maximum absolute atomic E-state index is 13.1. The predicted octanol–water partition coefficient (Wildman–Crippen LogP) is 6.89. The number of hydrogen-bond acceptors (Lipinski definition) is 2. The summed E-state index contributed by atoms with van der Waals surface area (Å²) in [7, 11) is 0. The van der Waals surface area contributed by atoms with Gasteiger partial charge >= 0.3 is 0 Å². The van der Waals surface area contributed by atoms with E-state index < -0.39 is 0 Å². The molecule has 5 aromatic rings. The number of nitrogens with zero attached hydrogens (tertiary/aromatic N) is 3. The number of benzene rings is 4. The fraction of sp³-hybridized carbons (Fsp3) is 0.0667. The Balaban J connectivity index is 1.50. The second kappa shape index (κ2) is 9.59. The van der Waals surface area contributed by atoms with Crippen molar-refractivity contribution in [3.05, 3.63) is 120 Å². The maximum Gasteiger partial charge on any atom is 0.271 e. The van der Waals surface area contributed by atoms with E-state index in [-0.39, 0.29) is 5.91 Å². The van der Waals surface area contributed by atoms with Gasteiger partial charge in [0.1, 0.15) is 0 Å². The van der Waals surface area contributed by atoms with Crippen molar-refractivity contribution in [3.8, 4) is 0 Å². The first kappa shape index (κ1) is 21.4. The first-order valence-corrected chi connectivity index (χ1v) is 11.4. The van der Waals surface area contributed by atoms with Crippen molar-refractivity contribution >= 4 is 45.7 Å². The summed E-state index contributed by atoms with van der Waals surface area (Å²) < 4.78 is 2.32. The maximum atomic E-state index is 13.1. The summed E-state index contributed by atoms with van der Waals surface area (Å²) >= 11 is 0. The third kappa shape index (κ3) is 4.26. The van der Waals surface area contributed by atoms with Gasteiger partial charge in [0.15, 0.2) is 0 Å². The zero-order valence-corrected chi connectivity index (χ0v) is 19.0. The van der Waals surface area contributed by atoms with Crippen LogP contribution in [-0.4, -0.2) is 16.7 Å². The van der Waals surface area contributed by atoms with Gasteiger partial charge in [-0.3, -0.25) is 4.79 Å². The van der Waals surface area contributed by atoms with Crippen molar-refractivity contribution in [3.63, 3.8) is 0 Å². The van der Waals surface area contributed by atoms with Gasteiger partial charge in [-0.2, -0.15) is 10.1 Å². The molecule has 0 radical (unpaired) electrons. The van der Waals surface area contributed by atoms with E-state index >= 15 is 0 Å². The van der Waals surface area contributed by atoms with Crippen LogP contribution >= 0.6 is 0 Å². The Kier molecular flexibility index (Phi) is 6.04. The molecule has 1 aromatic heterocycles. The number of hydrazone groups is 1. The Morgan fingerprint density at radius 3 is 2.24 bits per heavy atom. The van der Waals surface area contributed by atoms with Crippen LogP contribution in [0.1, 0.15) is 18.1 Å². The molecule has 0 bridgehead atoms. The highest BCUT2D eigenvalue weighted by atomic mass is 16.2. The molecule has 4 heteroatoms. The van der Waals surface area contributed by atoms with E-state index in [0.29, 0.717) is 5.69 Å². The van der Waals surface area contributed by atoms with Crippen molar-refractivity contribution < 1.29 is 4.79 Å². The number of amides is 1.